The smallest absolute Gasteiger partial charge is 0.326 e. The summed E-state index contributed by atoms with van der Waals surface area (Å²) in [5.74, 6) is -1.28. The van der Waals surface area contributed by atoms with E-state index in [1.807, 2.05) is 0 Å². The van der Waals surface area contributed by atoms with E-state index in [1.165, 1.54) is 11.0 Å². The molecule has 0 aliphatic carbocycles. The number of carboxylic acid groups (broad SMARTS) is 1. The highest BCUT2D eigenvalue weighted by atomic mass is 35.5. The molecule has 1 saturated heterocycles. The maximum atomic E-state index is 12.2. The maximum absolute atomic E-state index is 12.2. The highest BCUT2D eigenvalue weighted by molar-refractivity contribution is 6.34. The molecule has 1 N–H and O–H groups in total. The van der Waals surface area contributed by atoms with Crippen LogP contribution < -0.4 is 0 Å². The van der Waals surface area contributed by atoms with Gasteiger partial charge in [0.15, 0.2) is 0 Å². The standard InChI is InChI=1S/C15H15Cl2NO3/c16-11-5-6-12(17)10(9-11)4-7-14(19)18-8-2-1-3-13(18)15(20)21/h4-7,9,13H,1-3,8H2,(H,20,21)/t13-/m1/s1. The third-order valence-corrected chi connectivity index (χ3v) is 4.01. The van der Waals surface area contributed by atoms with Crippen LogP contribution in [0.1, 0.15) is 24.8 Å². The minimum Gasteiger partial charge on any atom is -0.480 e. The van der Waals surface area contributed by atoms with Gasteiger partial charge < -0.3 is 10.0 Å². The number of halogens is 2. The molecule has 6 heteroatoms. The summed E-state index contributed by atoms with van der Waals surface area (Å²) < 4.78 is 0. The van der Waals surface area contributed by atoms with Gasteiger partial charge >= 0.3 is 5.97 Å². The van der Waals surface area contributed by atoms with Crippen LogP contribution in [0.25, 0.3) is 6.08 Å². The summed E-state index contributed by atoms with van der Waals surface area (Å²) >= 11 is 11.9. The maximum Gasteiger partial charge on any atom is 0.326 e. The molecule has 1 amide bonds. The van der Waals surface area contributed by atoms with Crippen molar-refractivity contribution in [1.29, 1.82) is 0 Å². The number of nitrogens with zero attached hydrogens (tertiary/aromatic N) is 1. The van der Waals surface area contributed by atoms with Gasteiger partial charge in [-0.3, -0.25) is 4.79 Å². The van der Waals surface area contributed by atoms with E-state index in [-0.39, 0.29) is 5.91 Å². The topological polar surface area (TPSA) is 57.6 Å². The zero-order valence-corrected chi connectivity index (χ0v) is 12.8. The second-order valence-electron chi connectivity index (χ2n) is 4.88. The number of rotatable bonds is 3. The molecule has 0 spiro atoms. The highest BCUT2D eigenvalue weighted by Gasteiger charge is 2.30. The van der Waals surface area contributed by atoms with E-state index in [0.717, 1.165) is 12.8 Å². The van der Waals surface area contributed by atoms with Crippen LogP contribution in [0.4, 0.5) is 0 Å². The van der Waals surface area contributed by atoms with Gasteiger partial charge in [0.2, 0.25) is 5.91 Å². The molecule has 1 aromatic rings. The normalized spacial score (nSPS) is 19.0. The highest BCUT2D eigenvalue weighted by Crippen LogP contribution is 2.22. The number of carbonyl (C=O) groups is 2. The Bertz CT molecular complexity index is 586. The van der Waals surface area contributed by atoms with Crippen LogP contribution >= 0.6 is 23.2 Å². The number of amides is 1. The summed E-state index contributed by atoms with van der Waals surface area (Å²) in [6.07, 6.45) is 5.04. The van der Waals surface area contributed by atoms with E-state index in [4.69, 9.17) is 28.3 Å². The second-order valence-corrected chi connectivity index (χ2v) is 5.72. The molecule has 0 saturated carbocycles. The first-order valence-corrected chi connectivity index (χ1v) is 7.41. The Labute approximate surface area is 133 Å². The lowest BCUT2D eigenvalue weighted by atomic mass is 10.0. The Morgan fingerprint density at radius 1 is 1.29 bits per heavy atom. The van der Waals surface area contributed by atoms with Gasteiger partial charge in [-0.2, -0.15) is 0 Å². The molecular formula is C15H15Cl2NO3. The predicted octanol–water partition coefficient (Wildman–Crippen LogP) is 3.47. The average molecular weight is 328 g/mol. The molecule has 1 atom stereocenters. The first-order chi connectivity index (χ1) is 9.99. The summed E-state index contributed by atoms with van der Waals surface area (Å²) in [5.41, 5.74) is 0.626. The molecule has 0 bridgehead atoms. The minimum atomic E-state index is -0.961. The lowest BCUT2D eigenvalue weighted by Gasteiger charge is -2.32. The van der Waals surface area contributed by atoms with Crippen LogP contribution in [0.2, 0.25) is 10.0 Å². The molecule has 21 heavy (non-hydrogen) atoms. The van der Waals surface area contributed by atoms with E-state index in [1.54, 1.807) is 24.3 Å². The quantitative estimate of drug-likeness (QED) is 0.865. The average Bonchev–Trinajstić information content (AvgIpc) is 2.47. The number of benzene rings is 1. The van der Waals surface area contributed by atoms with Crippen molar-refractivity contribution in [2.45, 2.75) is 25.3 Å². The van der Waals surface area contributed by atoms with Crippen molar-refractivity contribution in [3.8, 4) is 0 Å². The zero-order chi connectivity index (χ0) is 15.4. The number of carboxylic acids is 1. The molecule has 0 aromatic heterocycles. The van der Waals surface area contributed by atoms with E-state index in [9.17, 15) is 9.59 Å². The summed E-state index contributed by atoms with van der Waals surface area (Å²) in [7, 11) is 0. The SMILES string of the molecule is O=C(O)[C@H]1CCCCN1C(=O)C=Cc1cc(Cl)ccc1Cl. The van der Waals surface area contributed by atoms with Crippen LogP contribution in [-0.4, -0.2) is 34.5 Å². The molecule has 1 heterocycles. The van der Waals surface area contributed by atoms with Gasteiger partial charge in [-0.1, -0.05) is 23.2 Å². The van der Waals surface area contributed by atoms with Gasteiger partial charge in [0.25, 0.3) is 0 Å². The zero-order valence-electron chi connectivity index (χ0n) is 11.3. The molecule has 112 valence electrons. The van der Waals surface area contributed by atoms with Crippen molar-refractivity contribution in [2.24, 2.45) is 0 Å². The Morgan fingerprint density at radius 2 is 2.05 bits per heavy atom. The molecule has 0 unspecified atom stereocenters. The van der Waals surface area contributed by atoms with Crippen molar-refractivity contribution in [3.63, 3.8) is 0 Å². The Hall–Kier alpha value is -1.52. The van der Waals surface area contributed by atoms with Gasteiger partial charge in [-0.15, -0.1) is 0 Å². The molecule has 1 aromatic carbocycles. The van der Waals surface area contributed by atoms with Crippen molar-refractivity contribution >= 4 is 41.2 Å². The Balaban J connectivity index is 2.14. The molecule has 1 aliphatic heterocycles. The number of piperidine rings is 1. The van der Waals surface area contributed by atoms with Crippen molar-refractivity contribution in [3.05, 3.63) is 39.9 Å². The monoisotopic (exact) mass is 327 g/mol. The Kier molecular flexibility index (Phi) is 5.26. The van der Waals surface area contributed by atoms with Gasteiger partial charge in [-0.25, -0.2) is 4.79 Å². The van der Waals surface area contributed by atoms with Gasteiger partial charge in [0, 0.05) is 22.7 Å². The Morgan fingerprint density at radius 3 is 2.76 bits per heavy atom. The molecule has 4 nitrogen and oxygen atoms in total. The third kappa shape index (κ3) is 3.99. The van der Waals surface area contributed by atoms with Crippen LogP contribution in [0, 0.1) is 0 Å². The fourth-order valence-electron chi connectivity index (χ4n) is 2.35. The van der Waals surface area contributed by atoms with E-state index in [2.05, 4.69) is 0 Å². The van der Waals surface area contributed by atoms with Crippen molar-refractivity contribution in [2.75, 3.05) is 6.54 Å². The third-order valence-electron chi connectivity index (χ3n) is 3.43. The van der Waals surface area contributed by atoms with E-state index < -0.39 is 12.0 Å². The fourth-order valence-corrected chi connectivity index (χ4v) is 2.71. The number of carbonyl (C=O) groups excluding carboxylic acids is 1. The number of likely N-dealkylation sites (tertiary alicyclic amines) is 1. The van der Waals surface area contributed by atoms with E-state index in [0.29, 0.717) is 28.6 Å². The van der Waals surface area contributed by atoms with E-state index >= 15 is 0 Å². The summed E-state index contributed by atoms with van der Waals surface area (Å²) in [6, 6.07) is 4.22. The van der Waals surface area contributed by atoms with Gasteiger partial charge in [-0.05, 0) is 49.1 Å². The van der Waals surface area contributed by atoms with Crippen molar-refractivity contribution in [1.82, 2.24) is 4.90 Å². The van der Waals surface area contributed by atoms with Crippen LogP contribution in [0.3, 0.4) is 0 Å². The van der Waals surface area contributed by atoms with Crippen LogP contribution in [0.15, 0.2) is 24.3 Å². The lowest BCUT2D eigenvalue weighted by molar-refractivity contribution is -0.150. The minimum absolute atomic E-state index is 0.321. The number of hydrogen-bond acceptors (Lipinski definition) is 2. The predicted molar refractivity (Wildman–Crippen MR) is 82.5 cm³/mol. The molecule has 1 aliphatic rings. The van der Waals surface area contributed by atoms with Crippen molar-refractivity contribution < 1.29 is 14.7 Å². The van der Waals surface area contributed by atoms with Gasteiger partial charge in [0.05, 0.1) is 0 Å². The van der Waals surface area contributed by atoms with Crippen LogP contribution in [-0.2, 0) is 9.59 Å². The summed E-state index contributed by atoms with van der Waals surface area (Å²) in [5, 5.41) is 10.2. The summed E-state index contributed by atoms with van der Waals surface area (Å²) in [4.78, 5) is 24.8. The number of hydrogen-bond donors (Lipinski definition) is 1. The molecule has 1 fully saturated rings. The number of aliphatic carboxylic acids is 1. The van der Waals surface area contributed by atoms with Gasteiger partial charge in [0.1, 0.15) is 6.04 Å². The first-order valence-electron chi connectivity index (χ1n) is 6.65. The molecule has 2 rings (SSSR count). The molecular weight excluding hydrogens is 313 g/mol. The molecule has 0 radical (unpaired) electrons. The second kappa shape index (κ2) is 6.96. The lowest BCUT2D eigenvalue weighted by Crippen LogP contribution is -2.47. The summed E-state index contributed by atoms with van der Waals surface area (Å²) in [6.45, 7) is 0.462. The first kappa shape index (κ1) is 15.9. The van der Waals surface area contributed by atoms with Crippen LogP contribution in [0.5, 0.6) is 0 Å². The fraction of sp³-hybridized carbons (Fsp3) is 0.333. The largest absolute Gasteiger partial charge is 0.480 e.